The number of nitrogens with one attached hydrogen (secondary N) is 2. The highest BCUT2D eigenvalue weighted by molar-refractivity contribution is 7.89. The van der Waals surface area contributed by atoms with Gasteiger partial charge in [-0.3, -0.25) is 20.4 Å². The lowest BCUT2D eigenvalue weighted by molar-refractivity contribution is 0.0844. The molecule has 0 aliphatic heterocycles. The molecule has 0 aliphatic carbocycles. The zero-order chi connectivity index (χ0) is 21.1. The summed E-state index contributed by atoms with van der Waals surface area (Å²) in [5.41, 5.74) is 3.75. The maximum absolute atomic E-state index is 13.6. The van der Waals surface area contributed by atoms with Crippen LogP contribution < -0.4 is 10.9 Å². The number of halogens is 2. The molecule has 2 rings (SSSR count). The van der Waals surface area contributed by atoms with Crippen molar-refractivity contribution in [3.05, 3.63) is 64.4 Å². The quantitative estimate of drug-likeness (QED) is 0.717. The van der Waals surface area contributed by atoms with E-state index >= 15 is 0 Å². The molecule has 0 atom stereocenters. The molecule has 0 radical (unpaired) electrons. The Morgan fingerprint density at radius 2 is 1.61 bits per heavy atom. The summed E-state index contributed by atoms with van der Waals surface area (Å²) in [6.07, 6.45) is 0. The molecular weight excluding hydrogens is 409 g/mol. The Balaban J connectivity index is 2.22. The van der Waals surface area contributed by atoms with Crippen molar-refractivity contribution < 1.29 is 22.4 Å². The van der Waals surface area contributed by atoms with E-state index in [4.69, 9.17) is 11.6 Å². The van der Waals surface area contributed by atoms with E-state index in [9.17, 15) is 22.4 Å². The van der Waals surface area contributed by atoms with Crippen LogP contribution in [0.5, 0.6) is 0 Å². The van der Waals surface area contributed by atoms with Gasteiger partial charge in [-0.2, -0.15) is 4.31 Å². The molecule has 0 spiro atoms. The standard InChI is InChI=1S/C18H19ClFN3O4S/c1-11(2)23(3)28(26,27)12-8-9-15(19)14(10-12)18(25)22-21-17(24)13-6-4-5-7-16(13)20/h4-11H,1-3H3,(H,21,24)(H,22,25). The molecule has 2 aromatic carbocycles. The molecule has 150 valence electrons. The first-order chi connectivity index (χ1) is 13.1. The van der Waals surface area contributed by atoms with E-state index in [1.165, 1.54) is 37.4 Å². The van der Waals surface area contributed by atoms with E-state index < -0.39 is 27.7 Å². The number of rotatable bonds is 5. The second-order valence-electron chi connectivity index (χ2n) is 6.14. The van der Waals surface area contributed by atoms with E-state index in [-0.39, 0.29) is 27.1 Å². The fourth-order valence-electron chi connectivity index (χ4n) is 2.18. The van der Waals surface area contributed by atoms with Gasteiger partial charge >= 0.3 is 0 Å². The van der Waals surface area contributed by atoms with Gasteiger partial charge in [0.2, 0.25) is 10.0 Å². The summed E-state index contributed by atoms with van der Waals surface area (Å²) in [5, 5.41) is -0.0104. The van der Waals surface area contributed by atoms with Crippen molar-refractivity contribution in [2.75, 3.05) is 7.05 Å². The van der Waals surface area contributed by atoms with Crippen molar-refractivity contribution in [2.45, 2.75) is 24.8 Å². The molecule has 0 saturated carbocycles. The largest absolute Gasteiger partial charge is 0.272 e. The Morgan fingerprint density at radius 1 is 1.04 bits per heavy atom. The number of carbonyl (C=O) groups excluding carboxylic acids is 2. The molecular formula is C18H19ClFN3O4S. The highest BCUT2D eigenvalue weighted by Gasteiger charge is 2.25. The monoisotopic (exact) mass is 427 g/mol. The number of hydrazine groups is 1. The highest BCUT2D eigenvalue weighted by Crippen LogP contribution is 2.23. The van der Waals surface area contributed by atoms with E-state index in [2.05, 4.69) is 10.9 Å². The first-order valence-corrected chi connectivity index (χ1v) is 10.00. The summed E-state index contributed by atoms with van der Waals surface area (Å²) in [5.74, 6) is -2.47. The molecule has 0 fully saturated rings. The summed E-state index contributed by atoms with van der Waals surface area (Å²) in [6.45, 7) is 3.42. The van der Waals surface area contributed by atoms with Crippen molar-refractivity contribution in [1.82, 2.24) is 15.2 Å². The summed E-state index contributed by atoms with van der Waals surface area (Å²) >= 11 is 6.00. The van der Waals surface area contributed by atoms with Crippen LogP contribution in [0.2, 0.25) is 5.02 Å². The van der Waals surface area contributed by atoms with Gasteiger partial charge in [0, 0.05) is 13.1 Å². The second kappa shape index (κ2) is 8.68. The van der Waals surface area contributed by atoms with Crippen LogP contribution in [0.25, 0.3) is 0 Å². The maximum Gasteiger partial charge on any atom is 0.272 e. The average molecular weight is 428 g/mol. The van der Waals surface area contributed by atoms with Gasteiger partial charge in [0.05, 0.1) is 21.0 Å². The number of sulfonamides is 1. The molecule has 10 heteroatoms. The molecule has 0 saturated heterocycles. The number of nitrogens with zero attached hydrogens (tertiary/aromatic N) is 1. The predicted molar refractivity (Wildman–Crippen MR) is 103 cm³/mol. The minimum absolute atomic E-state index is 0.0104. The molecule has 2 N–H and O–H groups in total. The van der Waals surface area contributed by atoms with Gasteiger partial charge in [-0.05, 0) is 44.2 Å². The van der Waals surface area contributed by atoms with Crippen molar-refractivity contribution in [1.29, 1.82) is 0 Å². The van der Waals surface area contributed by atoms with Crippen molar-refractivity contribution >= 4 is 33.4 Å². The first kappa shape index (κ1) is 21.8. The third-order valence-electron chi connectivity index (χ3n) is 3.99. The topological polar surface area (TPSA) is 95.6 Å². The minimum atomic E-state index is -3.83. The lowest BCUT2D eigenvalue weighted by Crippen LogP contribution is -2.42. The Morgan fingerprint density at radius 3 is 2.18 bits per heavy atom. The van der Waals surface area contributed by atoms with Gasteiger partial charge in [-0.15, -0.1) is 0 Å². The van der Waals surface area contributed by atoms with Crippen LogP contribution in [0.3, 0.4) is 0 Å². The van der Waals surface area contributed by atoms with E-state index in [0.717, 1.165) is 16.4 Å². The molecule has 7 nitrogen and oxygen atoms in total. The van der Waals surface area contributed by atoms with Crippen molar-refractivity contribution in [3.8, 4) is 0 Å². The Hall–Kier alpha value is -2.49. The van der Waals surface area contributed by atoms with E-state index in [1.54, 1.807) is 13.8 Å². The van der Waals surface area contributed by atoms with Gasteiger partial charge in [0.1, 0.15) is 5.82 Å². The van der Waals surface area contributed by atoms with Crippen LogP contribution in [0.1, 0.15) is 34.6 Å². The predicted octanol–water partition coefficient (Wildman–Crippen LogP) is 2.58. The molecule has 0 aromatic heterocycles. The van der Waals surface area contributed by atoms with Gasteiger partial charge in [-0.25, -0.2) is 12.8 Å². The number of benzene rings is 2. The van der Waals surface area contributed by atoms with Gasteiger partial charge < -0.3 is 0 Å². The Bertz CT molecular complexity index is 1010. The lowest BCUT2D eigenvalue weighted by Gasteiger charge is -2.21. The number of hydrogen-bond donors (Lipinski definition) is 2. The Labute approximate surface area is 167 Å². The summed E-state index contributed by atoms with van der Waals surface area (Å²) in [4.78, 5) is 24.2. The fourth-order valence-corrected chi connectivity index (χ4v) is 3.77. The number of hydrogen-bond acceptors (Lipinski definition) is 4. The third kappa shape index (κ3) is 4.67. The van der Waals surface area contributed by atoms with Crippen LogP contribution in [0.4, 0.5) is 4.39 Å². The number of carbonyl (C=O) groups is 2. The smallest absolute Gasteiger partial charge is 0.267 e. The van der Waals surface area contributed by atoms with Gasteiger partial charge in [0.25, 0.3) is 11.8 Å². The molecule has 0 unspecified atom stereocenters. The van der Waals surface area contributed by atoms with Gasteiger partial charge in [0.15, 0.2) is 0 Å². The zero-order valence-corrected chi connectivity index (χ0v) is 16.9. The SMILES string of the molecule is CC(C)N(C)S(=O)(=O)c1ccc(Cl)c(C(=O)NNC(=O)c2ccccc2F)c1. The highest BCUT2D eigenvalue weighted by atomic mass is 35.5. The molecule has 0 aliphatic rings. The summed E-state index contributed by atoms with van der Waals surface area (Å²) in [6, 6.07) is 8.62. The summed E-state index contributed by atoms with van der Waals surface area (Å²) in [7, 11) is -2.41. The minimum Gasteiger partial charge on any atom is -0.267 e. The lowest BCUT2D eigenvalue weighted by atomic mass is 10.2. The molecule has 0 bridgehead atoms. The second-order valence-corrected chi connectivity index (χ2v) is 8.55. The van der Waals surface area contributed by atoms with E-state index in [0.29, 0.717) is 0 Å². The normalized spacial score (nSPS) is 11.5. The zero-order valence-electron chi connectivity index (χ0n) is 15.4. The van der Waals surface area contributed by atoms with Crippen LogP contribution in [0.15, 0.2) is 47.4 Å². The van der Waals surface area contributed by atoms with Crippen molar-refractivity contribution in [3.63, 3.8) is 0 Å². The fraction of sp³-hybridized carbons (Fsp3) is 0.222. The van der Waals surface area contributed by atoms with Crippen LogP contribution in [-0.2, 0) is 10.0 Å². The van der Waals surface area contributed by atoms with Crippen LogP contribution in [0, 0.1) is 5.82 Å². The molecule has 0 heterocycles. The number of amides is 2. The Kier molecular flexibility index (Phi) is 6.76. The van der Waals surface area contributed by atoms with Crippen LogP contribution >= 0.6 is 11.6 Å². The average Bonchev–Trinajstić information content (AvgIpc) is 2.65. The third-order valence-corrected chi connectivity index (χ3v) is 6.35. The van der Waals surface area contributed by atoms with Crippen molar-refractivity contribution in [2.24, 2.45) is 0 Å². The summed E-state index contributed by atoms with van der Waals surface area (Å²) < 4.78 is 39.9. The molecule has 28 heavy (non-hydrogen) atoms. The molecule has 2 aromatic rings. The van der Waals surface area contributed by atoms with Crippen LogP contribution in [-0.4, -0.2) is 37.6 Å². The maximum atomic E-state index is 13.6. The van der Waals surface area contributed by atoms with Gasteiger partial charge in [-0.1, -0.05) is 23.7 Å². The van der Waals surface area contributed by atoms with E-state index in [1.807, 2.05) is 0 Å². The first-order valence-electron chi connectivity index (χ1n) is 8.18. The molecule has 2 amide bonds.